The number of ether oxygens (including phenoxy) is 1. The maximum absolute atomic E-state index is 11.9. The molecule has 1 rings (SSSR count). The van der Waals surface area contributed by atoms with Gasteiger partial charge in [0.1, 0.15) is 11.6 Å². The Morgan fingerprint density at radius 3 is 2.64 bits per heavy atom. The number of nitrogens with one attached hydrogen (secondary N) is 2. The average Bonchev–Trinajstić information content (AvgIpc) is 2.58. The van der Waals surface area contributed by atoms with E-state index in [1.165, 1.54) is 12.1 Å². The largest absolute Gasteiger partial charge is 0.454 e. The summed E-state index contributed by atoms with van der Waals surface area (Å²) in [6, 6.07) is 3.51. The van der Waals surface area contributed by atoms with Crippen LogP contribution in [0.3, 0.4) is 0 Å². The van der Waals surface area contributed by atoms with Crippen LogP contribution in [-0.2, 0) is 14.3 Å². The smallest absolute Gasteiger partial charge is 0.325 e. The maximum Gasteiger partial charge on any atom is 0.325 e. The maximum atomic E-state index is 11.9. The van der Waals surface area contributed by atoms with Gasteiger partial charge in [0.05, 0.1) is 4.92 Å². The van der Waals surface area contributed by atoms with E-state index in [-0.39, 0.29) is 10.6 Å². The number of nitro benzene ring substituents is 1. The topological polar surface area (TPSA) is 128 Å². The average molecular weight is 372 g/mol. The Balaban J connectivity index is 2.43. The lowest BCUT2D eigenvalue weighted by Gasteiger charge is -2.07. The van der Waals surface area contributed by atoms with E-state index < -0.39 is 41.5 Å². The normalized spacial score (nSPS) is 10.0. The lowest BCUT2D eigenvalue weighted by molar-refractivity contribution is -0.384. The van der Waals surface area contributed by atoms with Crippen LogP contribution in [0.5, 0.6) is 0 Å². The first-order valence-corrected chi connectivity index (χ1v) is 7.87. The number of rotatable bonds is 9. The molecule has 0 spiro atoms. The summed E-state index contributed by atoms with van der Waals surface area (Å²) in [5, 5.41) is 15.5. The highest BCUT2D eigenvalue weighted by molar-refractivity contribution is 6.32. The minimum atomic E-state index is -0.803. The number of unbranched alkanes of at least 4 members (excludes halogenated alkanes) is 1. The standard InChI is InChI=1S/C15H18ClN3O6/c1-2-3-6-17-13(20)9-25-14(21)8-18-15(22)10-4-5-11(16)12(7-10)19(23)24/h4-5,7H,2-3,6,8-9H2,1H3,(H,17,20)(H,18,22). The molecule has 0 bridgehead atoms. The first-order chi connectivity index (χ1) is 11.8. The molecule has 0 saturated heterocycles. The third-order valence-corrected chi connectivity index (χ3v) is 3.33. The molecule has 0 unspecified atom stereocenters. The van der Waals surface area contributed by atoms with Gasteiger partial charge in [-0.05, 0) is 18.6 Å². The van der Waals surface area contributed by atoms with Crippen LogP contribution >= 0.6 is 11.6 Å². The molecule has 2 amide bonds. The molecule has 0 aliphatic heterocycles. The lowest BCUT2D eigenvalue weighted by atomic mass is 10.2. The fourth-order valence-corrected chi connectivity index (χ4v) is 1.89. The highest BCUT2D eigenvalue weighted by Gasteiger charge is 2.17. The number of hydrogen-bond donors (Lipinski definition) is 2. The van der Waals surface area contributed by atoms with Crippen LogP contribution in [0.4, 0.5) is 5.69 Å². The van der Waals surface area contributed by atoms with E-state index in [0.29, 0.717) is 6.54 Å². The number of halogens is 1. The number of benzene rings is 1. The molecule has 0 fully saturated rings. The summed E-state index contributed by atoms with van der Waals surface area (Å²) in [7, 11) is 0. The number of esters is 1. The van der Waals surface area contributed by atoms with Gasteiger partial charge in [0.2, 0.25) is 0 Å². The molecule has 0 radical (unpaired) electrons. The molecular weight excluding hydrogens is 354 g/mol. The Morgan fingerprint density at radius 1 is 1.28 bits per heavy atom. The van der Waals surface area contributed by atoms with E-state index in [4.69, 9.17) is 16.3 Å². The molecule has 136 valence electrons. The van der Waals surface area contributed by atoms with Crippen LogP contribution in [0.1, 0.15) is 30.1 Å². The van der Waals surface area contributed by atoms with Gasteiger partial charge in [-0.2, -0.15) is 0 Å². The molecule has 0 aliphatic carbocycles. The summed E-state index contributed by atoms with van der Waals surface area (Å²) in [4.78, 5) is 44.8. The first kappa shape index (κ1) is 20.4. The van der Waals surface area contributed by atoms with Crippen LogP contribution in [0, 0.1) is 10.1 Å². The van der Waals surface area contributed by atoms with Gasteiger partial charge in [-0.1, -0.05) is 24.9 Å². The molecule has 0 aliphatic rings. The Morgan fingerprint density at radius 2 is 2.00 bits per heavy atom. The molecule has 1 aromatic carbocycles. The molecule has 0 saturated carbocycles. The van der Waals surface area contributed by atoms with Crippen molar-refractivity contribution in [1.29, 1.82) is 0 Å². The number of hydrogen-bond acceptors (Lipinski definition) is 6. The van der Waals surface area contributed by atoms with Crippen molar-refractivity contribution in [3.8, 4) is 0 Å². The van der Waals surface area contributed by atoms with E-state index in [0.717, 1.165) is 18.9 Å². The van der Waals surface area contributed by atoms with Crippen LogP contribution in [0.25, 0.3) is 0 Å². The lowest BCUT2D eigenvalue weighted by Crippen LogP contribution is -2.34. The zero-order chi connectivity index (χ0) is 18.8. The van der Waals surface area contributed by atoms with Crippen molar-refractivity contribution < 1.29 is 24.0 Å². The second-order valence-corrected chi connectivity index (χ2v) is 5.38. The summed E-state index contributed by atoms with van der Waals surface area (Å²) in [6.45, 7) is 1.56. The summed E-state index contributed by atoms with van der Waals surface area (Å²) >= 11 is 5.65. The zero-order valence-corrected chi connectivity index (χ0v) is 14.3. The Hall–Kier alpha value is -2.68. The van der Waals surface area contributed by atoms with Crippen molar-refractivity contribution in [1.82, 2.24) is 10.6 Å². The fraction of sp³-hybridized carbons (Fsp3) is 0.400. The van der Waals surface area contributed by atoms with Crippen molar-refractivity contribution in [2.45, 2.75) is 19.8 Å². The molecule has 0 aromatic heterocycles. The second-order valence-electron chi connectivity index (χ2n) is 4.97. The molecule has 0 atom stereocenters. The van der Waals surface area contributed by atoms with E-state index in [1.807, 2.05) is 6.92 Å². The van der Waals surface area contributed by atoms with Crippen molar-refractivity contribution in [3.63, 3.8) is 0 Å². The summed E-state index contributed by atoms with van der Waals surface area (Å²) in [5.74, 6) is -1.94. The summed E-state index contributed by atoms with van der Waals surface area (Å²) in [6.07, 6.45) is 1.75. The van der Waals surface area contributed by atoms with Gasteiger partial charge < -0.3 is 15.4 Å². The van der Waals surface area contributed by atoms with Gasteiger partial charge in [-0.3, -0.25) is 24.5 Å². The first-order valence-electron chi connectivity index (χ1n) is 7.49. The number of amides is 2. The van der Waals surface area contributed by atoms with Crippen molar-refractivity contribution >= 4 is 35.1 Å². The second kappa shape index (κ2) is 10.2. The predicted molar refractivity (Wildman–Crippen MR) is 89.3 cm³/mol. The Kier molecular flexibility index (Phi) is 8.34. The van der Waals surface area contributed by atoms with Gasteiger partial charge in [-0.25, -0.2) is 0 Å². The van der Waals surface area contributed by atoms with Gasteiger partial charge >= 0.3 is 5.97 Å². The zero-order valence-electron chi connectivity index (χ0n) is 13.5. The number of carbonyl (C=O) groups is 3. The molecule has 0 heterocycles. The van der Waals surface area contributed by atoms with Crippen molar-refractivity contribution in [2.75, 3.05) is 19.7 Å². The van der Waals surface area contributed by atoms with Crippen LogP contribution in [0.2, 0.25) is 5.02 Å². The van der Waals surface area contributed by atoms with Crippen LogP contribution in [0.15, 0.2) is 18.2 Å². The molecule has 9 nitrogen and oxygen atoms in total. The van der Waals surface area contributed by atoms with Crippen LogP contribution in [-0.4, -0.2) is 42.4 Å². The SMILES string of the molecule is CCCCNC(=O)COC(=O)CNC(=O)c1ccc(Cl)c([N+](=O)[O-])c1. The number of nitrogens with zero attached hydrogens (tertiary/aromatic N) is 1. The van der Waals surface area contributed by atoms with Crippen molar-refractivity contribution in [3.05, 3.63) is 38.9 Å². The molecule has 25 heavy (non-hydrogen) atoms. The monoisotopic (exact) mass is 371 g/mol. The molecule has 10 heteroatoms. The Labute approximate surface area is 148 Å². The summed E-state index contributed by atoms with van der Waals surface area (Å²) in [5.41, 5.74) is -0.443. The highest BCUT2D eigenvalue weighted by atomic mass is 35.5. The third-order valence-electron chi connectivity index (χ3n) is 3.02. The number of nitro groups is 1. The van der Waals surface area contributed by atoms with Gasteiger partial charge in [0.25, 0.3) is 17.5 Å². The summed E-state index contributed by atoms with van der Waals surface area (Å²) < 4.78 is 4.71. The van der Waals surface area contributed by atoms with Gasteiger partial charge in [0.15, 0.2) is 6.61 Å². The Bertz CT molecular complexity index is 665. The minimum Gasteiger partial charge on any atom is -0.454 e. The minimum absolute atomic E-state index is 0.0267. The highest BCUT2D eigenvalue weighted by Crippen LogP contribution is 2.24. The predicted octanol–water partition coefficient (Wildman–Crippen LogP) is 1.44. The van der Waals surface area contributed by atoms with Crippen LogP contribution < -0.4 is 10.6 Å². The molecule has 2 N–H and O–H groups in total. The van der Waals surface area contributed by atoms with Crippen molar-refractivity contribution in [2.24, 2.45) is 0 Å². The quantitative estimate of drug-likeness (QED) is 0.292. The molecular formula is C15H18ClN3O6. The fourth-order valence-electron chi connectivity index (χ4n) is 1.70. The van der Waals surface area contributed by atoms with E-state index >= 15 is 0 Å². The van der Waals surface area contributed by atoms with E-state index in [1.54, 1.807) is 0 Å². The van der Waals surface area contributed by atoms with Gasteiger partial charge in [-0.15, -0.1) is 0 Å². The number of carbonyl (C=O) groups excluding carboxylic acids is 3. The third kappa shape index (κ3) is 7.17. The van der Waals surface area contributed by atoms with E-state index in [9.17, 15) is 24.5 Å². The van der Waals surface area contributed by atoms with Gasteiger partial charge in [0, 0.05) is 18.2 Å². The van der Waals surface area contributed by atoms with E-state index in [2.05, 4.69) is 10.6 Å². The molecule has 1 aromatic rings.